The maximum absolute atomic E-state index is 12.7. The van der Waals surface area contributed by atoms with E-state index >= 15 is 0 Å². The molecule has 9 nitrogen and oxygen atoms in total. The van der Waals surface area contributed by atoms with Crippen molar-refractivity contribution in [3.8, 4) is 0 Å². The van der Waals surface area contributed by atoms with Crippen LogP contribution in [-0.2, 0) is 38.8 Å². The molecule has 0 unspecified atom stereocenters. The van der Waals surface area contributed by atoms with Crippen molar-refractivity contribution in [2.75, 3.05) is 22.9 Å². The second kappa shape index (κ2) is 18.3. The van der Waals surface area contributed by atoms with Crippen molar-refractivity contribution in [3.05, 3.63) is 161 Å². The van der Waals surface area contributed by atoms with Crippen molar-refractivity contribution < 1.29 is 24.2 Å². The summed E-state index contributed by atoms with van der Waals surface area (Å²) in [5.74, 6) is -0.361. The predicted molar refractivity (Wildman–Crippen MR) is 204 cm³/mol. The van der Waals surface area contributed by atoms with Crippen molar-refractivity contribution in [2.45, 2.75) is 63.9 Å². The van der Waals surface area contributed by atoms with Crippen LogP contribution in [0.4, 0.5) is 17.1 Å². The summed E-state index contributed by atoms with van der Waals surface area (Å²) in [4.78, 5) is 27.5. The number of nitrogens with one attached hydrogen (secondary N) is 2. The fraction of sp³-hybridized carbons (Fsp3) is 0.256. The van der Waals surface area contributed by atoms with E-state index < -0.39 is 6.29 Å². The van der Waals surface area contributed by atoms with Crippen LogP contribution < -0.4 is 16.4 Å². The molecule has 2 amide bonds. The van der Waals surface area contributed by atoms with Gasteiger partial charge >= 0.3 is 0 Å². The molecular formula is C43H46N4O5. The molecule has 52 heavy (non-hydrogen) atoms. The number of carbonyl (C=O) groups excluding carboxylic acids is 2. The fourth-order valence-corrected chi connectivity index (χ4v) is 6.37. The standard InChI is InChI=1S/C43H46N4O5/c44-38-14-7-8-15-39(38)46-42(50)17-9-16-41(49)45-36-24-22-35(23-25-36)43-51-37(26-40(52-43)34-20-18-33(30-48)19-21-34)29-47(27-31-10-3-1-4-11-31)28-32-12-5-2-6-13-32/h1-8,10-15,18-25,37,40,43,48H,9,16-17,26-30,44H2,(H,45,49)(H,46,50)/t37-,40+,43+/m0/s1. The molecule has 1 fully saturated rings. The lowest BCUT2D eigenvalue weighted by molar-refractivity contribution is -0.253. The summed E-state index contributed by atoms with van der Waals surface area (Å²) in [5.41, 5.74) is 12.8. The van der Waals surface area contributed by atoms with Gasteiger partial charge in [-0.2, -0.15) is 0 Å². The van der Waals surface area contributed by atoms with Crippen molar-refractivity contribution >= 4 is 28.9 Å². The van der Waals surface area contributed by atoms with Crippen molar-refractivity contribution in [3.63, 3.8) is 0 Å². The predicted octanol–water partition coefficient (Wildman–Crippen LogP) is 7.76. The number of aliphatic hydroxyl groups excluding tert-OH is 1. The zero-order valence-corrected chi connectivity index (χ0v) is 29.2. The van der Waals surface area contributed by atoms with E-state index in [9.17, 15) is 14.7 Å². The van der Waals surface area contributed by atoms with Gasteiger partial charge in [-0.1, -0.05) is 109 Å². The molecule has 0 saturated carbocycles. The van der Waals surface area contributed by atoms with Crippen LogP contribution in [0, 0.1) is 0 Å². The largest absolute Gasteiger partial charge is 0.397 e. The number of aliphatic hydroxyl groups is 1. The SMILES string of the molecule is Nc1ccccc1NC(=O)CCCC(=O)Nc1ccc([C@@H]2O[C@H](CN(Cc3ccccc3)Cc3ccccc3)C[C@H](c3ccc(CO)cc3)O2)cc1. The Labute approximate surface area is 305 Å². The summed E-state index contributed by atoms with van der Waals surface area (Å²) < 4.78 is 13.3. The molecule has 0 radical (unpaired) electrons. The first-order chi connectivity index (χ1) is 25.4. The van der Waals surface area contributed by atoms with E-state index in [1.807, 2.05) is 60.7 Å². The van der Waals surface area contributed by atoms with Crippen LogP contribution >= 0.6 is 0 Å². The smallest absolute Gasteiger partial charge is 0.224 e. The number of nitrogen functional groups attached to an aromatic ring is 1. The number of amides is 2. The highest BCUT2D eigenvalue weighted by Gasteiger charge is 2.33. The average molecular weight is 699 g/mol. The third-order valence-electron chi connectivity index (χ3n) is 9.08. The quantitative estimate of drug-likeness (QED) is 0.0824. The van der Waals surface area contributed by atoms with Crippen LogP contribution in [0.1, 0.15) is 65.9 Å². The number of nitrogens with two attached hydrogens (primary N) is 1. The Hall–Kier alpha value is -5.32. The van der Waals surface area contributed by atoms with Crippen LogP contribution in [0.25, 0.3) is 0 Å². The number of para-hydroxylation sites is 2. The van der Waals surface area contributed by atoms with E-state index in [0.29, 0.717) is 36.4 Å². The zero-order chi connectivity index (χ0) is 36.1. The molecule has 1 aliphatic rings. The van der Waals surface area contributed by atoms with Crippen LogP contribution in [0.3, 0.4) is 0 Å². The molecule has 0 aliphatic carbocycles. The molecule has 1 heterocycles. The number of nitrogens with zero attached hydrogens (tertiary/aromatic N) is 1. The van der Waals surface area contributed by atoms with E-state index in [4.69, 9.17) is 15.2 Å². The van der Waals surface area contributed by atoms with Gasteiger partial charge < -0.3 is 30.9 Å². The zero-order valence-electron chi connectivity index (χ0n) is 29.2. The van der Waals surface area contributed by atoms with Gasteiger partial charge in [-0.3, -0.25) is 14.5 Å². The molecule has 9 heteroatoms. The van der Waals surface area contributed by atoms with Gasteiger partial charge in [0.05, 0.1) is 30.2 Å². The third-order valence-corrected chi connectivity index (χ3v) is 9.08. The summed E-state index contributed by atoms with van der Waals surface area (Å²) in [7, 11) is 0. The molecule has 3 atom stereocenters. The summed E-state index contributed by atoms with van der Waals surface area (Å²) in [6.07, 6.45) is 0.495. The van der Waals surface area contributed by atoms with Gasteiger partial charge in [0, 0.05) is 50.1 Å². The Kier molecular flexibility index (Phi) is 12.8. The highest BCUT2D eigenvalue weighted by Crippen LogP contribution is 2.38. The molecule has 1 saturated heterocycles. The van der Waals surface area contributed by atoms with Crippen LogP contribution in [-0.4, -0.2) is 34.5 Å². The van der Waals surface area contributed by atoms with Gasteiger partial charge in [0.1, 0.15) is 0 Å². The van der Waals surface area contributed by atoms with E-state index in [0.717, 1.165) is 29.8 Å². The monoisotopic (exact) mass is 698 g/mol. The number of carbonyl (C=O) groups is 2. The minimum Gasteiger partial charge on any atom is -0.397 e. The van der Waals surface area contributed by atoms with E-state index in [1.165, 1.54) is 11.1 Å². The molecule has 6 rings (SSSR count). The molecule has 5 N–H and O–H groups in total. The lowest BCUT2D eigenvalue weighted by Crippen LogP contribution is -2.39. The molecule has 0 spiro atoms. The van der Waals surface area contributed by atoms with Crippen LogP contribution in [0.5, 0.6) is 0 Å². The second-order valence-corrected chi connectivity index (χ2v) is 13.2. The molecule has 5 aromatic carbocycles. The van der Waals surface area contributed by atoms with Gasteiger partial charge in [0.25, 0.3) is 0 Å². The van der Waals surface area contributed by atoms with Gasteiger partial charge in [-0.15, -0.1) is 0 Å². The third kappa shape index (κ3) is 10.6. The van der Waals surface area contributed by atoms with Crippen molar-refractivity contribution in [2.24, 2.45) is 0 Å². The molecule has 268 valence electrons. The Morgan fingerprint density at radius 3 is 1.87 bits per heavy atom. The summed E-state index contributed by atoms with van der Waals surface area (Å²) in [6, 6.07) is 43.4. The Morgan fingerprint density at radius 1 is 0.673 bits per heavy atom. The van der Waals surface area contributed by atoms with Gasteiger partial charge in [0.15, 0.2) is 6.29 Å². The lowest BCUT2D eigenvalue weighted by Gasteiger charge is -2.38. The topological polar surface area (TPSA) is 126 Å². The number of hydrogen-bond acceptors (Lipinski definition) is 7. The number of benzene rings is 5. The maximum Gasteiger partial charge on any atom is 0.224 e. The summed E-state index contributed by atoms with van der Waals surface area (Å²) in [5, 5.41) is 15.3. The Balaban J connectivity index is 1.11. The lowest BCUT2D eigenvalue weighted by atomic mass is 9.99. The Morgan fingerprint density at radius 2 is 1.25 bits per heavy atom. The normalized spacial score (nSPS) is 17.1. The molecule has 0 bridgehead atoms. The molecule has 0 aromatic heterocycles. The summed E-state index contributed by atoms with van der Waals surface area (Å²) >= 11 is 0. The van der Waals surface area contributed by atoms with Crippen molar-refractivity contribution in [1.82, 2.24) is 4.90 Å². The second-order valence-electron chi connectivity index (χ2n) is 13.2. The van der Waals surface area contributed by atoms with E-state index in [2.05, 4.69) is 64.1 Å². The van der Waals surface area contributed by atoms with Crippen LogP contribution in [0.2, 0.25) is 0 Å². The number of anilines is 3. The first-order valence-corrected chi connectivity index (χ1v) is 17.8. The number of hydrogen-bond donors (Lipinski definition) is 4. The highest BCUT2D eigenvalue weighted by atomic mass is 16.7. The van der Waals surface area contributed by atoms with Crippen molar-refractivity contribution in [1.29, 1.82) is 0 Å². The number of ether oxygens (including phenoxy) is 2. The summed E-state index contributed by atoms with van der Waals surface area (Å²) in [6.45, 7) is 2.23. The first kappa shape index (κ1) is 36.5. The minimum absolute atomic E-state index is 0.0177. The Bertz CT molecular complexity index is 1830. The molecular weight excluding hydrogens is 652 g/mol. The van der Waals surface area contributed by atoms with E-state index in [-0.39, 0.29) is 43.5 Å². The minimum atomic E-state index is -0.626. The van der Waals surface area contributed by atoms with Gasteiger partial charge in [0.2, 0.25) is 11.8 Å². The van der Waals surface area contributed by atoms with Crippen LogP contribution in [0.15, 0.2) is 133 Å². The maximum atomic E-state index is 12.7. The fourth-order valence-electron chi connectivity index (χ4n) is 6.37. The number of rotatable bonds is 15. The van der Waals surface area contributed by atoms with Gasteiger partial charge in [-0.05, 0) is 52.9 Å². The average Bonchev–Trinajstić information content (AvgIpc) is 3.17. The first-order valence-electron chi connectivity index (χ1n) is 17.8. The molecule has 5 aromatic rings. The van der Waals surface area contributed by atoms with E-state index in [1.54, 1.807) is 24.3 Å². The van der Waals surface area contributed by atoms with Gasteiger partial charge in [-0.25, -0.2) is 0 Å². The molecule has 1 aliphatic heterocycles. The highest BCUT2D eigenvalue weighted by molar-refractivity contribution is 5.94.